The average Bonchev–Trinajstić information content (AvgIpc) is 3.53. The highest BCUT2D eigenvalue weighted by Gasteiger charge is 2.46. The molecule has 1 aromatic carbocycles. The number of halogens is 2. The maximum atomic E-state index is 14.4. The minimum Gasteiger partial charge on any atom is -0.444 e. The second-order valence-corrected chi connectivity index (χ2v) is 21.5. The number of nitrogens with zero attached hydrogens (tertiary/aromatic N) is 6. The van der Waals surface area contributed by atoms with Crippen LogP contribution >= 0.6 is 23.2 Å². The summed E-state index contributed by atoms with van der Waals surface area (Å²) in [4.78, 5) is 34.7. The highest BCUT2D eigenvalue weighted by Crippen LogP contribution is 2.42. The van der Waals surface area contributed by atoms with Gasteiger partial charge in [0.25, 0.3) is 5.56 Å². The zero-order chi connectivity index (χ0) is 34.0. The fourth-order valence-corrected chi connectivity index (χ4v) is 8.30. The Morgan fingerprint density at radius 3 is 2.55 bits per heavy atom. The van der Waals surface area contributed by atoms with Crippen LogP contribution in [0.1, 0.15) is 46.5 Å². The number of carbonyl (C=O) groups excluding carboxylic acids is 1. The summed E-state index contributed by atoms with van der Waals surface area (Å²) in [6, 6.07) is 4.76. The summed E-state index contributed by atoms with van der Waals surface area (Å²) in [6.07, 6.45) is 5.10. The summed E-state index contributed by atoms with van der Waals surface area (Å²) in [5.74, 6) is 0.579. The van der Waals surface area contributed by atoms with Crippen molar-refractivity contribution in [3.8, 4) is 11.1 Å². The van der Waals surface area contributed by atoms with Crippen LogP contribution < -0.4 is 15.8 Å². The van der Waals surface area contributed by atoms with Gasteiger partial charge in [0.15, 0.2) is 5.65 Å². The molecule has 2 aliphatic rings. The van der Waals surface area contributed by atoms with Crippen molar-refractivity contribution in [3.63, 3.8) is 0 Å². The molecule has 11 nitrogen and oxygen atoms in total. The van der Waals surface area contributed by atoms with Gasteiger partial charge in [-0.2, -0.15) is 10.1 Å². The molecule has 1 unspecified atom stereocenters. The van der Waals surface area contributed by atoms with Crippen molar-refractivity contribution in [1.82, 2.24) is 29.2 Å². The van der Waals surface area contributed by atoms with E-state index in [-0.39, 0.29) is 30.4 Å². The summed E-state index contributed by atoms with van der Waals surface area (Å²) in [7, 11) is 2.23. The van der Waals surface area contributed by atoms with Crippen molar-refractivity contribution >= 4 is 65.3 Å². The number of rotatable bonds is 8. The van der Waals surface area contributed by atoms with Crippen LogP contribution in [0.15, 0.2) is 23.1 Å². The number of hydrogen-bond acceptors (Lipinski definition) is 7. The SMILES string of the molecule is Cn1nc2ccc(-c3cn(COCC[Si](C)(C)C)c4nc(N5C6CCC[C@@H]5[C@H](NC(=O)OC(C)(C)C)C6)n(C)c(=O)c34)c(Cl)c2c1Cl. The summed E-state index contributed by atoms with van der Waals surface area (Å²) in [5.41, 5.74) is 1.76. The fourth-order valence-electron chi connectivity index (χ4n) is 6.91. The quantitative estimate of drug-likeness (QED) is 0.157. The molecule has 1 N–H and O–H groups in total. The van der Waals surface area contributed by atoms with Crippen LogP contribution in [0.25, 0.3) is 33.1 Å². The van der Waals surface area contributed by atoms with Gasteiger partial charge in [-0.25, -0.2) is 4.79 Å². The number of ether oxygens (including phenoxy) is 2. The van der Waals surface area contributed by atoms with E-state index < -0.39 is 19.8 Å². The predicted octanol–water partition coefficient (Wildman–Crippen LogP) is 6.93. The molecule has 2 aliphatic heterocycles. The fraction of sp³-hybridized carbons (Fsp3) is 0.576. The normalized spacial score (nSPS) is 20.0. The molecule has 2 fully saturated rings. The number of anilines is 1. The van der Waals surface area contributed by atoms with Gasteiger partial charge in [-0.05, 0) is 58.6 Å². The molecule has 0 saturated carbocycles. The summed E-state index contributed by atoms with van der Waals surface area (Å²) >= 11 is 13.6. The average molecular weight is 703 g/mol. The van der Waals surface area contributed by atoms with E-state index in [4.69, 9.17) is 37.7 Å². The second-order valence-electron chi connectivity index (χ2n) is 15.1. The largest absolute Gasteiger partial charge is 0.444 e. The molecule has 6 rings (SSSR count). The van der Waals surface area contributed by atoms with Crippen LogP contribution in [-0.2, 0) is 30.3 Å². The van der Waals surface area contributed by atoms with Gasteiger partial charge in [0, 0.05) is 52.1 Å². The zero-order valence-corrected chi connectivity index (χ0v) is 31.0. The van der Waals surface area contributed by atoms with E-state index in [1.54, 1.807) is 23.3 Å². The maximum absolute atomic E-state index is 14.4. The van der Waals surface area contributed by atoms with Crippen molar-refractivity contribution in [1.29, 1.82) is 0 Å². The van der Waals surface area contributed by atoms with Gasteiger partial charge < -0.3 is 24.3 Å². The van der Waals surface area contributed by atoms with E-state index in [9.17, 15) is 9.59 Å². The minimum atomic E-state index is -1.31. The van der Waals surface area contributed by atoms with E-state index in [1.807, 2.05) is 43.7 Å². The molecular formula is C33H45Cl2N7O4Si. The Bertz CT molecular complexity index is 1910. The molecule has 1 amide bonds. The zero-order valence-electron chi connectivity index (χ0n) is 28.5. The number of hydrogen-bond donors (Lipinski definition) is 1. The molecule has 4 aromatic rings. The third kappa shape index (κ3) is 6.53. The van der Waals surface area contributed by atoms with Crippen molar-refractivity contribution in [3.05, 3.63) is 38.9 Å². The Kier molecular flexibility index (Phi) is 8.95. The van der Waals surface area contributed by atoms with Gasteiger partial charge in [-0.1, -0.05) is 48.9 Å². The van der Waals surface area contributed by atoms with Crippen molar-refractivity contribution in [2.75, 3.05) is 11.5 Å². The van der Waals surface area contributed by atoms with Gasteiger partial charge in [0.1, 0.15) is 17.5 Å². The standard InChI is InChI=1S/C33H45Cl2N7O4Si/c1-33(2,3)46-32(44)36-23-16-19-10-9-11-24(23)42(19)31-37-29-25(30(43)39(31)4)21(17-41(29)18-45-14-15-47(6,7)8)20-12-13-22-26(27(20)34)28(35)40(5)38-22/h12-13,17,19,23-24H,9-11,14-16,18H2,1-8H3,(H,36,44)/t19?,23-,24-/m1/s1. The lowest BCUT2D eigenvalue weighted by Crippen LogP contribution is -2.49. The second kappa shape index (κ2) is 12.4. The summed E-state index contributed by atoms with van der Waals surface area (Å²) < 4.78 is 16.9. The minimum absolute atomic E-state index is 0.0164. The number of fused-ring (bicyclic) bond motifs is 4. The lowest BCUT2D eigenvalue weighted by molar-refractivity contribution is 0.0501. The van der Waals surface area contributed by atoms with Gasteiger partial charge in [0.05, 0.1) is 33.4 Å². The Morgan fingerprint density at radius 2 is 1.85 bits per heavy atom. The van der Waals surface area contributed by atoms with Crippen molar-refractivity contribution in [2.24, 2.45) is 14.1 Å². The molecular weight excluding hydrogens is 657 g/mol. The Morgan fingerprint density at radius 1 is 1.11 bits per heavy atom. The van der Waals surface area contributed by atoms with Crippen LogP contribution in [0, 0.1) is 0 Å². The van der Waals surface area contributed by atoms with E-state index >= 15 is 0 Å². The summed E-state index contributed by atoms with van der Waals surface area (Å²) in [5, 5.41) is 9.52. The van der Waals surface area contributed by atoms with Gasteiger partial charge in [-0.15, -0.1) is 0 Å². The maximum Gasteiger partial charge on any atom is 0.407 e. The molecule has 2 bridgehead atoms. The Balaban J connectivity index is 1.44. The molecule has 5 heterocycles. The number of aromatic nitrogens is 5. The van der Waals surface area contributed by atoms with Gasteiger partial charge >= 0.3 is 6.09 Å². The number of carbonyl (C=O) groups is 1. The third-order valence-electron chi connectivity index (χ3n) is 9.17. The highest BCUT2D eigenvalue weighted by molar-refractivity contribution is 6.76. The molecule has 14 heteroatoms. The number of aryl methyl sites for hydroxylation is 1. The van der Waals surface area contributed by atoms with Gasteiger partial charge in [-0.3, -0.25) is 14.0 Å². The van der Waals surface area contributed by atoms with Crippen LogP contribution in [0.2, 0.25) is 35.9 Å². The molecule has 2 saturated heterocycles. The van der Waals surface area contributed by atoms with Gasteiger partial charge in [0.2, 0.25) is 5.95 Å². The predicted molar refractivity (Wildman–Crippen MR) is 190 cm³/mol. The molecule has 0 radical (unpaired) electrons. The molecule has 3 aromatic heterocycles. The Hall–Kier alpha value is -3.06. The van der Waals surface area contributed by atoms with Crippen LogP contribution in [0.3, 0.4) is 0 Å². The first-order valence-corrected chi connectivity index (χ1v) is 20.8. The van der Waals surface area contributed by atoms with Crippen LogP contribution in [0.4, 0.5) is 10.7 Å². The van der Waals surface area contributed by atoms with E-state index in [2.05, 4.69) is 35.0 Å². The first-order chi connectivity index (χ1) is 22.0. The smallest absolute Gasteiger partial charge is 0.407 e. The van der Waals surface area contributed by atoms with Crippen molar-refractivity contribution in [2.45, 2.75) is 103 Å². The monoisotopic (exact) mass is 701 g/mol. The number of nitrogens with one attached hydrogen (secondary N) is 1. The molecule has 47 heavy (non-hydrogen) atoms. The topological polar surface area (TPSA) is 108 Å². The van der Waals surface area contributed by atoms with E-state index in [0.29, 0.717) is 55.8 Å². The lowest BCUT2D eigenvalue weighted by Gasteiger charge is -2.37. The number of alkyl carbamates (subject to hydrolysis) is 1. The third-order valence-corrected chi connectivity index (χ3v) is 11.7. The molecule has 0 aliphatic carbocycles. The first-order valence-electron chi connectivity index (χ1n) is 16.3. The number of piperidine rings is 1. The van der Waals surface area contributed by atoms with Crippen LogP contribution in [-0.4, -0.2) is 68.4 Å². The Labute approximate surface area is 286 Å². The first kappa shape index (κ1) is 33.8. The van der Waals surface area contributed by atoms with Crippen LogP contribution in [0.5, 0.6) is 0 Å². The molecule has 254 valence electrons. The molecule has 3 atom stereocenters. The highest BCUT2D eigenvalue weighted by atomic mass is 35.5. The lowest BCUT2D eigenvalue weighted by atomic mass is 10.0. The number of benzene rings is 1. The van der Waals surface area contributed by atoms with Crippen molar-refractivity contribution < 1.29 is 14.3 Å². The summed E-state index contributed by atoms with van der Waals surface area (Å²) in [6.45, 7) is 13.4. The van der Waals surface area contributed by atoms with E-state index in [0.717, 1.165) is 31.7 Å². The van der Waals surface area contributed by atoms with E-state index in [1.165, 1.54) is 0 Å². The molecule has 0 spiro atoms. The number of amides is 1.